The van der Waals surface area contributed by atoms with Crippen molar-refractivity contribution in [2.45, 2.75) is 19.8 Å². The third kappa shape index (κ3) is 3.15. The fourth-order valence-corrected chi connectivity index (χ4v) is 2.65. The van der Waals surface area contributed by atoms with Gasteiger partial charge in [-0.05, 0) is 25.8 Å². The molecule has 1 aromatic heterocycles. The van der Waals surface area contributed by atoms with Gasteiger partial charge in [0.15, 0.2) is 5.78 Å². The fourth-order valence-electron chi connectivity index (χ4n) is 2.65. The second-order valence-electron chi connectivity index (χ2n) is 5.39. The smallest absolute Gasteiger partial charge is 0.310 e. The molecule has 0 saturated carbocycles. The molecule has 1 aliphatic rings. The molecule has 0 aliphatic carbocycles. The van der Waals surface area contributed by atoms with Crippen molar-refractivity contribution in [1.82, 2.24) is 9.47 Å². The number of amides is 1. The van der Waals surface area contributed by atoms with Crippen LogP contribution in [0.15, 0.2) is 12.3 Å². The summed E-state index contributed by atoms with van der Waals surface area (Å²) in [6, 6.07) is 1.60. The van der Waals surface area contributed by atoms with Gasteiger partial charge in [-0.2, -0.15) is 0 Å². The van der Waals surface area contributed by atoms with Crippen LogP contribution in [0.1, 0.15) is 40.6 Å². The lowest BCUT2D eigenvalue weighted by molar-refractivity contribution is -0.146. The highest BCUT2D eigenvalue weighted by atomic mass is 16.5. The third-order valence-corrected chi connectivity index (χ3v) is 3.87. The highest BCUT2D eigenvalue weighted by Crippen LogP contribution is 2.20. The van der Waals surface area contributed by atoms with Crippen LogP contribution in [-0.4, -0.2) is 47.3 Å². The summed E-state index contributed by atoms with van der Waals surface area (Å²) in [5.41, 5.74) is 0.980. The zero-order valence-corrected chi connectivity index (χ0v) is 12.6. The molecule has 1 saturated heterocycles. The summed E-state index contributed by atoms with van der Waals surface area (Å²) >= 11 is 0. The van der Waals surface area contributed by atoms with Crippen molar-refractivity contribution in [3.05, 3.63) is 23.5 Å². The van der Waals surface area contributed by atoms with Crippen LogP contribution in [0.4, 0.5) is 0 Å². The number of ether oxygens (including phenoxy) is 1. The lowest BCUT2D eigenvalue weighted by Crippen LogP contribution is -2.43. The maximum Gasteiger partial charge on any atom is 0.310 e. The maximum atomic E-state index is 12.6. The summed E-state index contributed by atoms with van der Waals surface area (Å²) in [4.78, 5) is 37.2. The molecule has 1 aromatic rings. The van der Waals surface area contributed by atoms with Crippen LogP contribution in [0, 0.1) is 5.92 Å². The van der Waals surface area contributed by atoms with Gasteiger partial charge in [-0.3, -0.25) is 14.4 Å². The number of carbonyl (C=O) groups is 3. The Labute approximate surface area is 123 Å². The maximum absolute atomic E-state index is 12.6. The van der Waals surface area contributed by atoms with Crippen molar-refractivity contribution in [2.24, 2.45) is 13.0 Å². The number of methoxy groups -OCH3 is 1. The molecule has 1 fully saturated rings. The molecule has 114 valence electrons. The van der Waals surface area contributed by atoms with Gasteiger partial charge in [0.2, 0.25) is 0 Å². The topological polar surface area (TPSA) is 68.6 Å². The van der Waals surface area contributed by atoms with Crippen LogP contribution in [-0.2, 0) is 16.6 Å². The second kappa shape index (κ2) is 6.11. The molecule has 21 heavy (non-hydrogen) atoms. The number of ketones is 1. The van der Waals surface area contributed by atoms with E-state index in [0.717, 1.165) is 12.8 Å². The van der Waals surface area contributed by atoms with E-state index in [2.05, 4.69) is 0 Å². The SMILES string of the molecule is COC(=O)C1CCCN(C(=O)c2cc(C(C)=O)cn2C)C1. The predicted octanol–water partition coefficient (Wildman–Crippen LogP) is 1.25. The van der Waals surface area contributed by atoms with Crippen LogP contribution in [0.5, 0.6) is 0 Å². The van der Waals surface area contributed by atoms with E-state index in [1.54, 1.807) is 28.8 Å². The molecule has 6 nitrogen and oxygen atoms in total. The number of hydrogen-bond donors (Lipinski definition) is 0. The van der Waals surface area contributed by atoms with E-state index in [4.69, 9.17) is 4.74 Å². The van der Waals surface area contributed by atoms with Crippen molar-refractivity contribution < 1.29 is 19.1 Å². The highest BCUT2D eigenvalue weighted by molar-refractivity contribution is 5.99. The van der Waals surface area contributed by atoms with Gasteiger partial charge < -0.3 is 14.2 Å². The number of rotatable bonds is 3. The van der Waals surface area contributed by atoms with Gasteiger partial charge in [0, 0.05) is 31.9 Å². The van der Waals surface area contributed by atoms with Gasteiger partial charge >= 0.3 is 5.97 Å². The number of carbonyl (C=O) groups excluding carboxylic acids is 3. The summed E-state index contributed by atoms with van der Waals surface area (Å²) in [5.74, 6) is -0.765. The number of nitrogens with zero attached hydrogens (tertiary/aromatic N) is 2. The van der Waals surface area contributed by atoms with Crippen LogP contribution < -0.4 is 0 Å². The second-order valence-corrected chi connectivity index (χ2v) is 5.39. The van der Waals surface area contributed by atoms with Crippen molar-refractivity contribution in [3.8, 4) is 0 Å². The molecule has 1 atom stereocenters. The number of Topliss-reactive ketones (excluding diaryl/α,β-unsaturated/α-hetero) is 1. The molecule has 0 spiro atoms. The molecule has 0 aromatic carbocycles. The monoisotopic (exact) mass is 292 g/mol. The first-order valence-electron chi connectivity index (χ1n) is 6.98. The molecule has 1 amide bonds. The Morgan fingerprint density at radius 2 is 2.05 bits per heavy atom. The van der Waals surface area contributed by atoms with Crippen molar-refractivity contribution >= 4 is 17.7 Å². The molecule has 6 heteroatoms. The van der Waals surface area contributed by atoms with Gasteiger partial charge in [-0.15, -0.1) is 0 Å². The molecule has 0 radical (unpaired) electrons. The Morgan fingerprint density at radius 3 is 2.62 bits per heavy atom. The van der Waals surface area contributed by atoms with Crippen LogP contribution in [0.25, 0.3) is 0 Å². The number of aromatic nitrogens is 1. The van der Waals surface area contributed by atoms with E-state index in [1.807, 2.05) is 0 Å². The van der Waals surface area contributed by atoms with E-state index in [9.17, 15) is 14.4 Å². The van der Waals surface area contributed by atoms with Crippen molar-refractivity contribution in [2.75, 3.05) is 20.2 Å². The molecule has 1 unspecified atom stereocenters. The van der Waals surface area contributed by atoms with Gasteiger partial charge in [-0.25, -0.2) is 0 Å². The summed E-state index contributed by atoms with van der Waals surface area (Å²) in [6.45, 7) is 2.46. The number of hydrogen-bond acceptors (Lipinski definition) is 4. The van der Waals surface area contributed by atoms with E-state index in [0.29, 0.717) is 24.3 Å². The fraction of sp³-hybridized carbons (Fsp3) is 0.533. The molecule has 1 aliphatic heterocycles. The predicted molar refractivity (Wildman–Crippen MR) is 76.1 cm³/mol. The normalized spacial score (nSPS) is 18.4. The van der Waals surface area contributed by atoms with Gasteiger partial charge in [0.25, 0.3) is 5.91 Å². The van der Waals surface area contributed by atoms with Crippen molar-refractivity contribution in [3.63, 3.8) is 0 Å². The average molecular weight is 292 g/mol. The standard InChI is InChI=1S/C15H20N2O4/c1-10(18)12-7-13(16(2)8-12)14(19)17-6-4-5-11(9-17)15(20)21-3/h7-8,11H,4-6,9H2,1-3H3. The lowest BCUT2D eigenvalue weighted by atomic mass is 9.98. The average Bonchev–Trinajstić information content (AvgIpc) is 2.88. The molecular weight excluding hydrogens is 272 g/mol. The minimum atomic E-state index is -0.274. The lowest BCUT2D eigenvalue weighted by Gasteiger charge is -2.31. The molecule has 0 bridgehead atoms. The Kier molecular flexibility index (Phi) is 4.45. The van der Waals surface area contributed by atoms with Crippen LogP contribution >= 0.6 is 0 Å². The van der Waals surface area contributed by atoms with Gasteiger partial charge in [0.05, 0.1) is 13.0 Å². The summed E-state index contributed by atoms with van der Waals surface area (Å²) in [5, 5.41) is 0. The Balaban J connectivity index is 2.16. The largest absolute Gasteiger partial charge is 0.469 e. The first-order chi connectivity index (χ1) is 9.93. The summed E-state index contributed by atoms with van der Waals surface area (Å²) in [6.07, 6.45) is 3.16. The van der Waals surface area contributed by atoms with E-state index >= 15 is 0 Å². The quantitative estimate of drug-likeness (QED) is 0.621. The van der Waals surface area contributed by atoms with Crippen molar-refractivity contribution in [1.29, 1.82) is 0 Å². The van der Waals surface area contributed by atoms with E-state index in [1.165, 1.54) is 14.0 Å². The van der Waals surface area contributed by atoms with E-state index in [-0.39, 0.29) is 23.6 Å². The number of esters is 1. The first-order valence-corrected chi connectivity index (χ1v) is 6.98. The zero-order chi connectivity index (χ0) is 15.6. The molecular formula is C15H20N2O4. The van der Waals surface area contributed by atoms with Crippen LogP contribution in [0.3, 0.4) is 0 Å². The Morgan fingerprint density at radius 1 is 1.33 bits per heavy atom. The summed E-state index contributed by atoms with van der Waals surface area (Å²) in [7, 11) is 3.10. The van der Waals surface area contributed by atoms with Crippen LogP contribution in [0.2, 0.25) is 0 Å². The first kappa shape index (κ1) is 15.3. The molecule has 2 rings (SSSR count). The molecule has 0 N–H and O–H groups in total. The van der Waals surface area contributed by atoms with E-state index < -0.39 is 0 Å². The van der Waals surface area contributed by atoms with Gasteiger partial charge in [-0.1, -0.05) is 0 Å². The number of aryl methyl sites for hydroxylation is 1. The minimum Gasteiger partial charge on any atom is -0.469 e. The highest BCUT2D eigenvalue weighted by Gasteiger charge is 2.30. The summed E-state index contributed by atoms with van der Waals surface area (Å²) < 4.78 is 6.41. The minimum absolute atomic E-state index is 0.0734. The number of likely N-dealkylation sites (tertiary alicyclic amines) is 1. The van der Waals surface area contributed by atoms with Gasteiger partial charge in [0.1, 0.15) is 5.69 Å². The zero-order valence-electron chi connectivity index (χ0n) is 12.6. The Bertz CT molecular complexity index is 576. The third-order valence-electron chi connectivity index (χ3n) is 3.87. The Hall–Kier alpha value is -2.11. The number of piperidine rings is 1. The molecule has 2 heterocycles.